The lowest BCUT2D eigenvalue weighted by Crippen LogP contribution is -2.55. The Labute approximate surface area is 123 Å². The van der Waals surface area contributed by atoms with Crippen LogP contribution in [0.4, 0.5) is 13.2 Å². The Balaban J connectivity index is 2.71. The number of hydrogen-bond donors (Lipinski definition) is 2. The summed E-state index contributed by atoms with van der Waals surface area (Å²) >= 11 is 0. The first kappa shape index (κ1) is 18.2. The highest BCUT2D eigenvalue weighted by Crippen LogP contribution is 2.27. The molecule has 7 heteroatoms. The molecule has 0 aromatic heterocycles. The number of alkyl halides is 3. The van der Waals surface area contributed by atoms with E-state index in [1.54, 1.807) is 13.8 Å². The highest BCUT2D eigenvalue weighted by molar-refractivity contribution is 5.78. The molecule has 0 radical (unpaired) electrons. The van der Waals surface area contributed by atoms with Crippen LogP contribution in [-0.4, -0.2) is 52.9 Å². The average Bonchev–Trinajstić information content (AvgIpc) is 3.10. The van der Waals surface area contributed by atoms with E-state index in [1.165, 1.54) is 4.90 Å². The van der Waals surface area contributed by atoms with E-state index in [4.69, 9.17) is 0 Å². The van der Waals surface area contributed by atoms with Crippen LogP contribution < -0.4 is 5.32 Å². The highest BCUT2D eigenvalue weighted by Gasteiger charge is 2.41. The van der Waals surface area contributed by atoms with Crippen LogP contribution in [0.3, 0.4) is 0 Å². The van der Waals surface area contributed by atoms with Gasteiger partial charge in [0, 0.05) is 12.1 Å². The van der Waals surface area contributed by atoms with Crippen LogP contribution in [0.2, 0.25) is 0 Å². The number of hydrogen-bond acceptors (Lipinski definition) is 3. The Bertz CT molecular complexity index is 359. The van der Waals surface area contributed by atoms with E-state index in [0.29, 0.717) is 13.0 Å². The minimum Gasteiger partial charge on any atom is -0.480 e. The smallest absolute Gasteiger partial charge is 0.401 e. The van der Waals surface area contributed by atoms with Crippen molar-refractivity contribution in [2.24, 2.45) is 0 Å². The molecule has 2 atom stereocenters. The molecule has 1 aliphatic rings. The van der Waals surface area contributed by atoms with Crippen molar-refractivity contribution >= 4 is 5.97 Å². The zero-order valence-electron chi connectivity index (χ0n) is 12.8. The van der Waals surface area contributed by atoms with Crippen molar-refractivity contribution in [1.82, 2.24) is 10.2 Å². The molecule has 21 heavy (non-hydrogen) atoms. The molecule has 1 rings (SSSR count). The lowest BCUT2D eigenvalue weighted by Gasteiger charge is -2.35. The summed E-state index contributed by atoms with van der Waals surface area (Å²) in [5.74, 6) is -1.01. The van der Waals surface area contributed by atoms with Crippen LogP contribution in [0.1, 0.15) is 46.5 Å². The summed E-state index contributed by atoms with van der Waals surface area (Å²) in [5, 5.41) is 12.4. The first-order valence-electron chi connectivity index (χ1n) is 7.39. The number of carboxylic acids is 1. The monoisotopic (exact) mass is 310 g/mol. The Kier molecular flexibility index (Phi) is 6.04. The van der Waals surface area contributed by atoms with E-state index in [0.717, 1.165) is 12.8 Å². The van der Waals surface area contributed by atoms with Crippen LogP contribution in [0.15, 0.2) is 0 Å². The van der Waals surface area contributed by atoms with E-state index in [1.807, 2.05) is 6.92 Å². The molecule has 0 aromatic rings. The minimum absolute atomic E-state index is 0.148. The van der Waals surface area contributed by atoms with Gasteiger partial charge in [-0.1, -0.05) is 6.92 Å². The van der Waals surface area contributed by atoms with Crippen LogP contribution >= 0.6 is 0 Å². The van der Waals surface area contributed by atoms with Gasteiger partial charge in [0.2, 0.25) is 0 Å². The van der Waals surface area contributed by atoms with Gasteiger partial charge >= 0.3 is 12.1 Å². The first-order valence-corrected chi connectivity index (χ1v) is 7.39. The summed E-state index contributed by atoms with van der Waals surface area (Å²) in [6.07, 6.45) is -1.67. The molecule has 2 N–H and O–H groups in total. The van der Waals surface area contributed by atoms with E-state index >= 15 is 0 Å². The third kappa shape index (κ3) is 6.22. The number of nitrogens with one attached hydrogen (secondary N) is 1. The predicted octanol–water partition coefficient (Wildman–Crippen LogP) is 2.63. The topological polar surface area (TPSA) is 52.6 Å². The van der Waals surface area contributed by atoms with Gasteiger partial charge in [-0.05, 0) is 46.1 Å². The second-order valence-corrected chi connectivity index (χ2v) is 6.19. The Hall–Kier alpha value is -0.820. The molecule has 0 aromatic carbocycles. The van der Waals surface area contributed by atoms with Crippen molar-refractivity contribution in [2.75, 3.05) is 13.1 Å². The highest BCUT2D eigenvalue weighted by atomic mass is 19.4. The minimum atomic E-state index is -4.27. The largest absolute Gasteiger partial charge is 0.480 e. The summed E-state index contributed by atoms with van der Waals surface area (Å²) in [6.45, 7) is 4.34. The van der Waals surface area contributed by atoms with Crippen molar-refractivity contribution in [2.45, 2.75) is 70.3 Å². The molecule has 0 heterocycles. The van der Waals surface area contributed by atoms with E-state index in [-0.39, 0.29) is 12.5 Å². The summed E-state index contributed by atoms with van der Waals surface area (Å²) < 4.78 is 37.9. The number of halogens is 3. The Morgan fingerprint density at radius 2 is 2.00 bits per heavy atom. The third-order valence-electron chi connectivity index (χ3n) is 3.79. The van der Waals surface area contributed by atoms with Crippen molar-refractivity contribution in [1.29, 1.82) is 0 Å². The molecule has 0 aliphatic heterocycles. The van der Waals surface area contributed by atoms with E-state index < -0.39 is 30.3 Å². The molecule has 1 fully saturated rings. The van der Waals surface area contributed by atoms with Crippen molar-refractivity contribution in [3.63, 3.8) is 0 Å². The lowest BCUT2D eigenvalue weighted by atomic mass is 9.92. The molecule has 1 aliphatic carbocycles. The van der Waals surface area contributed by atoms with Gasteiger partial charge in [-0.25, -0.2) is 0 Å². The summed E-state index contributed by atoms with van der Waals surface area (Å²) in [4.78, 5) is 12.8. The van der Waals surface area contributed by atoms with Gasteiger partial charge in [-0.2, -0.15) is 13.2 Å². The van der Waals surface area contributed by atoms with Gasteiger partial charge in [0.15, 0.2) is 0 Å². The van der Waals surface area contributed by atoms with Crippen LogP contribution in [0.25, 0.3) is 0 Å². The molecule has 0 bridgehead atoms. The Morgan fingerprint density at radius 1 is 1.43 bits per heavy atom. The maximum atomic E-state index is 12.6. The van der Waals surface area contributed by atoms with Crippen LogP contribution in [0, 0.1) is 0 Å². The zero-order valence-corrected chi connectivity index (χ0v) is 12.8. The quantitative estimate of drug-likeness (QED) is 0.687. The van der Waals surface area contributed by atoms with Gasteiger partial charge in [0.1, 0.15) is 5.54 Å². The molecule has 0 spiro atoms. The molecule has 2 unspecified atom stereocenters. The van der Waals surface area contributed by atoms with Gasteiger partial charge in [-0.3, -0.25) is 15.0 Å². The van der Waals surface area contributed by atoms with Gasteiger partial charge in [0.25, 0.3) is 0 Å². The second kappa shape index (κ2) is 6.96. The first-order chi connectivity index (χ1) is 9.57. The third-order valence-corrected chi connectivity index (χ3v) is 3.79. The molecule has 0 saturated heterocycles. The number of rotatable bonds is 9. The SMILES string of the molecule is CCCN(CC(F)(F)F)C(C)CC(C)(NC1CC1)C(=O)O. The van der Waals surface area contributed by atoms with Crippen LogP contribution in [0.5, 0.6) is 0 Å². The number of carbonyl (C=O) groups is 1. The maximum Gasteiger partial charge on any atom is 0.401 e. The van der Waals surface area contributed by atoms with Crippen molar-refractivity contribution in [3.05, 3.63) is 0 Å². The number of carboxylic acid groups (broad SMARTS) is 1. The molecule has 4 nitrogen and oxygen atoms in total. The second-order valence-electron chi connectivity index (χ2n) is 6.19. The van der Waals surface area contributed by atoms with Crippen molar-refractivity contribution in [3.8, 4) is 0 Å². The standard InChI is InChI=1S/C14H25F3N2O2/c1-4-7-19(9-14(15,16)17)10(2)8-13(3,12(20)21)18-11-5-6-11/h10-11,18H,4-9H2,1-3H3,(H,20,21). The van der Waals surface area contributed by atoms with E-state index in [9.17, 15) is 23.1 Å². The van der Waals surface area contributed by atoms with Gasteiger partial charge < -0.3 is 5.11 Å². The fourth-order valence-electron chi connectivity index (χ4n) is 2.58. The predicted molar refractivity (Wildman–Crippen MR) is 74.2 cm³/mol. The van der Waals surface area contributed by atoms with Gasteiger partial charge in [0.05, 0.1) is 6.54 Å². The average molecular weight is 310 g/mol. The number of aliphatic carboxylic acids is 1. The fourth-order valence-corrected chi connectivity index (χ4v) is 2.58. The molecule has 0 amide bonds. The van der Waals surface area contributed by atoms with Crippen molar-refractivity contribution < 1.29 is 23.1 Å². The number of nitrogens with zero attached hydrogens (tertiary/aromatic N) is 1. The summed E-state index contributed by atoms with van der Waals surface area (Å²) in [5.41, 5.74) is -1.18. The fraction of sp³-hybridized carbons (Fsp3) is 0.929. The maximum absolute atomic E-state index is 12.6. The molecule has 1 saturated carbocycles. The van der Waals surface area contributed by atoms with Gasteiger partial charge in [-0.15, -0.1) is 0 Å². The van der Waals surface area contributed by atoms with E-state index in [2.05, 4.69) is 5.32 Å². The molecule has 124 valence electrons. The summed E-state index contributed by atoms with van der Waals surface area (Å²) in [7, 11) is 0. The summed E-state index contributed by atoms with van der Waals surface area (Å²) in [6, 6.07) is -0.278. The molecular weight excluding hydrogens is 285 g/mol. The Morgan fingerprint density at radius 3 is 2.38 bits per heavy atom. The molecular formula is C14H25F3N2O2. The lowest BCUT2D eigenvalue weighted by molar-refractivity contribution is -0.153. The van der Waals surface area contributed by atoms with Crippen LogP contribution in [-0.2, 0) is 4.79 Å². The normalized spacial score (nSPS) is 20.3. The zero-order chi connectivity index (χ0) is 16.3.